The van der Waals surface area contributed by atoms with Gasteiger partial charge in [-0.3, -0.25) is 9.71 Å². The van der Waals surface area contributed by atoms with Gasteiger partial charge < -0.3 is 10.6 Å². The number of hydrogen-bond donors (Lipinski definition) is 3. The average Bonchev–Trinajstić information content (AvgIpc) is 3.10. The van der Waals surface area contributed by atoms with E-state index < -0.39 is 16.1 Å². The standard InChI is InChI=1S/C18H19ClN4O3S/c1-12-7-8-14(11-16(12)19)22-18(24)21-13-4-2-5-15(10-13)27(25,26)23-17-6-3-9-20-17/h2,4-5,7-8,10-11H,3,6,9H2,1H3,(H,20,23)(H2,21,22,24). The van der Waals surface area contributed by atoms with E-state index in [-0.39, 0.29) is 4.90 Å². The Bertz CT molecular complexity index is 1010. The number of rotatable bonds is 4. The van der Waals surface area contributed by atoms with E-state index in [0.29, 0.717) is 35.2 Å². The highest BCUT2D eigenvalue weighted by atomic mass is 35.5. The molecule has 1 heterocycles. The molecule has 0 bridgehead atoms. The van der Waals surface area contributed by atoms with Crippen LogP contribution in [0.1, 0.15) is 18.4 Å². The van der Waals surface area contributed by atoms with Crippen molar-refractivity contribution in [3.05, 3.63) is 53.1 Å². The molecule has 3 N–H and O–H groups in total. The van der Waals surface area contributed by atoms with Crippen LogP contribution in [0.15, 0.2) is 52.4 Å². The molecule has 2 aromatic carbocycles. The van der Waals surface area contributed by atoms with Gasteiger partial charge in [-0.2, -0.15) is 0 Å². The first-order chi connectivity index (χ1) is 12.8. The maximum Gasteiger partial charge on any atom is 0.323 e. The van der Waals surface area contributed by atoms with Gasteiger partial charge in [0, 0.05) is 29.4 Å². The molecule has 3 rings (SSSR count). The van der Waals surface area contributed by atoms with E-state index in [4.69, 9.17) is 11.6 Å². The number of amides is 2. The molecule has 2 amide bonds. The third kappa shape index (κ3) is 4.99. The van der Waals surface area contributed by atoms with Crippen LogP contribution in [0.3, 0.4) is 0 Å². The topological polar surface area (TPSA) is 99.7 Å². The molecule has 2 aromatic rings. The lowest BCUT2D eigenvalue weighted by Crippen LogP contribution is -2.29. The summed E-state index contributed by atoms with van der Waals surface area (Å²) in [6, 6.07) is 10.7. The predicted octanol–water partition coefficient (Wildman–Crippen LogP) is 3.76. The second-order valence-electron chi connectivity index (χ2n) is 6.11. The number of halogens is 1. The summed E-state index contributed by atoms with van der Waals surface area (Å²) in [6.45, 7) is 2.49. The van der Waals surface area contributed by atoms with Crippen molar-refractivity contribution < 1.29 is 13.2 Å². The number of benzene rings is 2. The fourth-order valence-electron chi connectivity index (χ4n) is 2.54. The van der Waals surface area contributed by atoms with Gasteiger partial charge in [0.2, 0.25) is 0 Å². The van der Waals surface area contributed by atoms with Gasteiger partial charge in [0.1, 0.15) is 5.84 Å². The van der Waals surface area contributed by atoms with Crippen molar-refractivity contribution in [2.45, 2.75) is 24.7 Å². The lowest BCUT2D eigenvalue weighted by molar-refractivity contribution is 0.262. The number of nitrogens with zero attached hydrogens (tertiary/aromatic N) is 1. The molecule has 7 nitrogen and oxygen atoms in total. The summed E-state index contributed by atoms with van der Waals surface area (Å²) in [6.07, 6.45) is 1.45. The van der Waals surface area contributed by atoms with E-state index in [1.54, 1.807) is 30.3 Å². The van der Waals surface area contributed by atoms with Crippen molar-refractivity contribution >= 4 is 44.9 Å². The van der Waals surface area contributed by atoms with Gasteiger partial charge >= 0.3 is 6.03 Å². The fraction of sp³-hybridized carbons (Fsp3) is 0.222. The molecule has 0 atom stereocenters. The molecule has 0 aliphatic carbocycles. The quantitative estimate of drug-likeness (QED) is 0.720. The van der Waals surface area contributed by atoms with E-state index in [9.17, 15) is 13.2 Å². The highest BCUT2D eigenvalue weighted by Gasteiger charge is 2.18. The Balaban J connectivity index is 1.69. The first-order valence-electron chi connectivity index (χ1n) is 8.34. The second kappa shape index (κ2) is 7.98. The number of hydrogen-bond acceptors (Lipinski definition) is 4. The van der Waals surface area contributed by atoms with Crippen molar-refractivity contribution in [1.82, 2.24) is 4.72 Å². The van der Waals surface area contributed by atoms with Crippen LogP contribution >= 0.6 is 11.6 Å². The Morgan fingerprint density at radius 3 is 2.52 bits per heavy atom. The zero-order valence-electron chi connectivity index (χ0n) is 14.6. The third-order valence-electron chi connectivity index (χ3n) is 3.96. The molecule has 142 valence electrons. The van der Waals surface area contributed by atoms with Crippen molar-refractivity contribution in [3.63, 3.8) is 0 Å². The number of sulfonamides is 1. The lowest BCUT2D eigenvalue weighted by atomic mass is 10.2. The van der Waals surface area contributed by atoms with Gasteiger partial charge in [-0.15, -0.1) is 0 Å². The van der Waals surface area contributed by atoms with E-state index in [0.717, 1.165) is 12.0 Å². The minimum absolute atomic E-state index is 0.0493. The summed E-state index contributed by atoms with van der Waals surface area (Å²) in [5.74, 6) is 0.461. The first kappa shape index (κ1) is 19.2. The zero-order valence-corrected chi connectivity index (χ0v) is 16.2. The Kier molecular flexibility index (Phi) is 5.67. The van der Waals surface area contributed by atoms with E-state index >= 15 is 0 Å². The number of carbonyl (C=O) groups excluding carboxylic acids is 1. The Morgan fingerprint density at radius 1 is 1.11 bits per heavy atom. The van der Waals surface area contributed by atoms with E-state index in [1.165, 1.54) is 12.1 Å². The maximum atomic E-state index is 12.5. The van der Waals surface area contributed by atoms with Crippen molar-refractivity contribution in [2.75, 3.05) is 17.2 Å². The molecule has 0 fully saturated rings. The molecule has 9 heteroatoms. The van der Waals surface area contributed by atoms with Crippen LogP contribution in [0, 0.1) is 6.92 Å². The average molecular weight is 407 g/mol. The molecular weight excluding hydrogens is 388 g/mol. The van der Waals surface area contributed by atoms with Gasteiger partial charge in [-0.25, -0.2) is 13.2 Å². The minimum Gasteiger partial charge on any atom is -0.308 e. The molecule has 0 spiro atoms. The number of aryl methyl sites for hydroxylation is 1. The first-order valence-corrected chi connectivity index (χ1v) is 10.2. The number of urea groups is 1. The summed E-state index contributed by atoms with van der Waals surface area (Å²) in [5, 5.41) is 5.82. The normalized spacial score (nSPS) is 13.8. The fourth-order valence-corrected chi connectivity index (χ4v) is 3.86. The molecule has 27 heavy (non-hydrogen) atoms. The Labute approximate surface area is 162 Å². The summed E-state index contributed by atoms with van der Waals surface area (Å²) in [7, 11) is -3.74. The molecule has 0 radical (unpaired) electrons. The summed E-state index contributed by atoms with van der Waals surface area (Å²) < 4.78 is 27.4. The highest BCUT2D eigenvalue weighted by Crippen LogP contribution is 2.21. The van der Waals surface area contributed by atoms with Gasteiger partial charge in [-0.05, 0) is 49.2 Å². The van der Waals surface area contributed by atoms with Crippen LogP contribution in [-0.2, 0) is 10.0 Å². The Hall–Kier alpha value is -2.58. The van der Waals surface area contributed by atoms with Crippen LogP contribution in [0.4, 0.5) is 16.2 Å². The van der Waals surface area contributed by atoms with Crippen LogP contribution in [0.2, 0.25) is 5.02 Å². The molecule has 1 aliphatic rings. The second-order valence-corrected chi connectivity index (χ2v) is 8.20. The van der Waals surface area contributed by atoms with Crippen LogP contribution in [0.5, 0.6) is 0 Å². The van der Waals surface area contributed by atoms with E-state index in [2.05, 4.69) is 20.3 Å². The molecule has 0 unspecified atom stereocenters. The van der Waals surface area contributed by atoms with Gasteiger partial charge in [0.05, 0.1) is 4.90 Å². The summed E-state index contributed by atoms with van der Waals surface area (Å²) >= 11 is 6.04. The summed E-state index contributed by atoms with van der Waals surface area (Å²) in [5.41, 5.74) is 1.79. The van der Waals surface area contributed by atoms with Crippen molar-refractivity contribution in [2.24, 2.45) is 4.99 Å². The van der Waals surface area contributed by atoms with Crippen LogP contribution < -0.4 is 15.4 Å². The zero-order chi connectivity index (χ0) is 19.4. The van der Waals surface area contributed by atoms with Crippen molar-refractivity contribution in [3.8, 4) is 0 Å². The molecule has 0 saturated heterocycles. The lowest BCUT2D eigenvalue weighted by Gasteiger charge is -2.11. The van der Waals surface area contributed by atoms with Gasteiger partial charge in [0.15, 0.2) is 0 Å². The smallest absolute Gasteiger partial charge is 0.308 e. The number of anilines is 2. The third-order valence-corrected chi connectivity index (χ3v) is 5.74. The monoisotopic (exact) mass is 406 g/mol. The number of aliphatic imine (C=N–C) groups is 1. The van der Waals surface area contributed by atoms with Crippen molar-refractivity contribution in [1.29, 1.82) is 0 Å². The maximum absolute atomic E-state index is 12.5. The molecular formula is C18H19ClN4O3S. The molecule has 0 aromatic heterocycles. The number of amidine groups is 1. The van der Waals surface area contributed by atoms with Gasteiger partial charge in [0.25, 0.3) is 10.0 Å². The van der Waals surface area contributed by atoms with E-state index in [1.807, 2.05) is 6.92 Å². The van der Waals surface area contributed by atoms with Crippen LogP contribution in [-0.4, -0.2) is 26.8 Å². The minimum atomic E-state index is -3.74. The molecule has 1 aliphatic heterocycles. The summed E-state index contributed by atoms with van der Waals surface area (Å²) in [4.78, 5) is 16.3. The molecule has 0 saturated carbocycles. The number of carbonyl (C=O) groups is 1. The predicted molar refractivity (Wildman–Crippen MR) is 107 cm³/mol. The number of nitrogens with one attached hydrogen (secondary N) is 3. The Morgan fingerprint density at radius 2 is 1.85 bits per heavy atom. The largest absolute Gasteiger partial charge is 0.323 e. The van der Waals surface area contributed by atoms with Gasteiger partial charge in [-0.1, -0.05) is 23.7 Å². The SMILES string of the molecule is Cc1ccc(NC(=O)Nc2cccc(S(=O)(=O)NC3=NCCC3)c2)cc1Cl. The van der Waals surface area contributed by atoms with Crippen LogP contribution in [0.25, 0.3) is 0 Å². The highest BCUT2D eigenvalue weighted by molar-refractivity contribution is 7.90.